The number of amides is 3. The maximum atomic E-state index is 12.8. The maximum Gasteiger partial charge on any atom is 0.407 e. The Morgan fingerprint density at radius 3 is 1.20 bits per heavy atom. The van der Waals surface area contributed by atoms with E-state index in [9.17, 15) is 14.4 Å². The molecule has 1 rings (SSSR count). The van der Waals surface area contributed by atoms with E-state index < -0.39 is 12.0 Å². The Labute approximate surface area is 333 Å². The normalized spacial score (nSPS) is 11.2. The molecule has 312 valence electrons. The van der Waals surface area contributed by atoms with Crippen molar-refractivity contribution >= 4 is 17.9 Å². The van der Waals surface area contributed by atoms with Crippen LogP contribution in [0.3, 0.4) is 0 Å². The molecule has 1 aromatic carbocycles. The van der Waals surface area contributed by atoms with Gasteiger partial charge in [0.25, 0.3) is 0 Å². The maximum absolute atomic E-state index is 12.8. The zero-order chi connectivity index (χ0) is 39.0. The van der Waals surface area contributed by atoms with E-state index in [1.54, 1.807) is 0 Å². The number of unbranched alkanes of at least 4 members (excludes halogenated alkanes) is 28. The van der Waals surface area contributed by atoms with E-state index in [4.69, 9.17) is 4.74 Å². The van der Waals surface area contributed by atoms with Crippen LogP contribution >= 0.6 is 0 Å². The zero-order valence-corrected chi connectivity index (χ0v) is 35.3. The predicted octanol–water partition coefficient (Wildman–Crippen LogP) is 13.0. The van der Waals surface area contributed by atoms with E-state index in [-0.39, 0.29) is 31.6 Å². The molecule has 0 aromatic heterocycles. The van der Waals surface area contributed by atoms with Gasteiger partial charge >= 0.3 is 6.09 Å². The number of hydrogen-bond donors (Lipinski definition) is 3. The van der Waals surface area contributed by atoms with Crippen molar-refractivity contribution in [2.45, 2.75) is 232 Å². The molecule has 0 fully saturated rings. The number of alkyl carbamates (subject to hydrolysis) is 1. The highest BCUT2D eigenvalue weighted by Crippen LogP contribution is 2.17. The Balaban J connectivity index is 2.24. The Morgan fingerprint density at radius 2 is 0.815 bits per heavy atom. The van der Waals surface area contributed by atoms with E-state index >= 15 is 0 Å². The Kier molecular flexibility index (Phi) is 35.4. The van der Waals surface area contributed by atoms with Crippen LogP contribution in [0.25, 0.3) is 0 Å². The minimum Gasteiger partial charge on any atom is -0.445 e. The first-order valence-corrected chi connectivity index (χ1v) is 23.1. The molecule has 7 nitrogen and oxygen atoms in total. The van der Waals surface area contributed by atoms with E-state index in [0.717, 1.165) is 31.2 Å². The summed E-state index contributed by atoms with van der Waals surface area (Å²) in [5.74, 6) is -0.579. The van der Waals surface area contributed by atoms with Crippen molar-refractivity contribution in [2.75, 3.05) is 13.1 Å². The molecule has 0 bridgehead atoms. The van der Waals surface area contributed by atoms with Crippen molar-refractivity contribution in [2.24, 2.45) is 0 Å². The summed E-state index contributed by atoms with van der Waals surface area (Å²) in [6.07, 6.45) is 41.7. The van der Waals surface area contributed by atoms with Gasteiger partial charge in [-0.3, -0.25) is 9.59 Å². The molecule has 0 radical (unpaired) electrons. The average Bonchev–Trinajstić information content (AvgIpc) is 3.18. The largest absolute Gasteiger partial charge is 0.445 e. The zero-order valence-electron chi connectivity index (χ0n) is 35.3. The van der Waals surface area contributed by atoms with Crippen LogP contribution in [0.5, 0.6) is 0 Å². The standard InChI is InChI=1S/C47H85N3O4/c1-3-5-7-9-11-13-15-17-19-21-23-25-27-29-34-38-44(39-35-30-28-26-24-22-20-18-16-14-12-10-8-6-4-2)50-46(52)41-48-45(51)40-49-47(53)54-42-43-36-32-31-33-37-43/h31-33,36-37,44H,3-30,34-35,38-42H2,1-2H3,(H,48,51)(H,49,53)(H,50,52). The van der Waals surface area contributed by atoms with Crippen molar-refractivity contribution < 1.29 is 19.1 Å². The second kappa shape index (κ2) is 38.7. The first-order valence-electron chi connectivity index (χ1n) is 23.1. The smallest absolute Gasteiger partial charge is 0.407 e. The molecule has 3 N–H and O–H groups in total. The molecule has 54 heavy (non-hydrogen) atoms. The van der Waals surface area contributed by atoms with Gasteiger partial charge in [-0.05, 0) is 18.4 Å². The van der Waals surface area contributed by atoms with Gasteiger partial charge < -0.3 is 20.7 Å². The molecule has 0 saturated heterocycles. The second-order valence-corrected chi connectivity index (χ2v) is 15.9. The van der Waals surface area contributed by atoms with Crippen LogP contribution in [0.1, 0.15) is 225 Å². The highest BCUT2D eigenvalue weighted by molar-refractivity contribution is 5.87. The lowest BCUT2D eigenvalue weighted by atomic mass is 9.99. The molecule has 0 heterocycles. The summed E-state index contributed by atoms with van der Waals surface area (Å²) in [5, 5.41) is 8.30. The van der Waals surface area contributed by atoms with Gasteiger partial charge in [0.1, 0.15) is 13.2 Å². The summed E-state index contributed by atoms with van der Waals surface area (Å²) >= 11 is 0. The molecule has 0 atom stereocenters. The van der Waals surface area contributed by atoms with Crippen molar-refractivity contribution in [1.82, 2.24) is 16.0 Å². The van der Waals surface area contributed by atoms with Crippen LogP contribution in [-0.2, 0) is 20.9 Å². The summed E-state index contributed by atoms with van der Waals surface area (Å²) in [6.45, 7) is 4.38. The van der Waals surface area contributed by atoms with E-state index in [1.165, 1.54) is 180 Å². The fraction of sp³-hybridized carbons (Fsp3) is 0.809. The van der Waals surface area contributed by atoms with Gasteiger partial charge in [-0.1, -0.05) is 237 Å². The van der Waals surface area contributed by atoms with E-state index in [1.807, 2.05) is 30.3 Å². The van der Waals surface area contributed by atoms with Gasteiger partial charge in [-0.25, -0.2) is 4.79 Å². The SMILES string of the molecule is CCCCCCCCCCCCCCCCCC(CCCCCCCCCCCCCCCCC)NC(=O)CNC(=O)CNC(=O)OCc1ccccc1. The minimum atomic E-state index is -0.662. The van der Waals surface area contributed by atoms with Gasteiger partial charge in [0.2, 0.25) is 11.8 Å². The number of carbonyl (C=O) groups is 3. The number of rotatable bonds is 39. The summed E-state index contributed by atoms with van der Waals surface area (Å²) in [6, 6.07) is 9.53. The van der Waals surface area contributed by atoms with Gasteiger partial charge in [0.15, 0.2) is 0 Å². The number of benzene rings is 1. The molecular formula is C47H85N3O4. The second-order valence-electron chi connectivity index (χ2n) is 15.9. The molecule has 0 aliphatic rings. The fourth-order valence-electron chi connectivity index (χ4n) is 7.26. The highest BCUT2D eigenvalue weighted by Gasteiger charge is 2.14. The average molecular weight is 756 g/mol. The van der Waals surface area contributed by atoms with E-state index in [0.29, 0.717) is 0 Å². The summed E-state index contributed by atoms with van der Waals surface area (Å²) < 4.78 is 5.16. The van der Waals surface area contributed by atoms with Crippen LogP contribution in [-0.4, -0.2) is 37.0 Å². The molecule has 7 heteroatoms. The number of hydrogen-bond acceptors (Lipinski definition) is 4. The van der Waals surface area contributed by atoms with Crippen LogP contribution in [0.4, 0.5) is 4.79 Å². The fourth-order valence-corrected chi connectivity index (χ4v) is 7.26. The third-order valence-corrected chi connectivity index (χ3v) is 10.7. The van der Waals surface area contributed by atoms with Gasteiger partial charge in [-0.15, -0.1) is 0 Å². The molecule has 0 spiro atoms. The van der Waals surface area contributed by atoms with Crippen LogP contribution in [0.15, 0.2) is 30.3 Å². The van der Waals surface area contributed by atoms with Crippen molar-refractivity contribution in [3.63, 3.8) is 0 Å². The lowest BCUT2D eigenvalue weighted by molar-refractivity contribution is -0.126. The molecular weight excluding hydrogens is 671 g/mol. The first-order chi connectivity index (χ1) is 26.5. The number of ether oxygens (including phenoxy) is 1. The van der Waals surface area contributed by atoms with Crippen LogP contribution < -0.4 is 16.0 Å². The summed E-state index contributed by atoms with van der Waals surface area (Å²) in [7, 11) is 0. The third kappa shape index (κ3) is 34.0. The highest BCUT2D eigenvalue weighted by atomic mass is 16.5. The van der Waals surface area contributed by atoms with Crippen LogP contribution in [0.2, 0.25) is 0 Å². The van der Waals surface area contributed by atoms with Gasteiger partial charge in [0.05, 0.1) is 6.54 Å². The van der Waals surface area contributed by atoms with Crippen molar-refractivity contribution in [3.8, 4) is 0 Å². The third-order valence-electron chi connectivity index (χ3n) is 10.7. The monoisotopic (exact) mass is 756 g/mol. The predicted molar refractivity (Wildman–Crippen MR) is 229 cm³/mol. The topological polar surface area (TPSA) is 96.5 Å². The van der Waals surface area contributed by atoms with Crippen molar-refractivity contribution in [3.05, 3.63) is 35.9 Å². The van der Waals surface area contributed by atoms with Gasteiger partial charge in [0, 0.05) is 6.04 Å². The van der Waals surface area contributed by atoms with Gasteiger partial charge in [-0.2, -0.15) is 0 Å². The molecule has 0 unspecified atom stereocenters. The number of carbonyl (C=O) groups excluding carboxylic acids is 3. The summed E-state index contributed by atoms with van der Waals surface area (Å²) in [5.41, 5.74) is 0.872. The molecule has 0 saturated carbocycles. The summed E-state index contributed by atoms with van der Waals surface area (Å²) in [4.78, 5) is 37.1. The molecule has 0 aliphatic carbocycles. The Morgan fingerprint density at radius 1 is 0.463 bits per heavy atom. The van der Waals surface area contributed by atoms with Crippen LogP contribution in [0, 0.1) is 0 Å². The number of nitrogens with one attached hydrogen (secondary N) is 3. The lowest BCUT2D eigenvalue weighted by Gasteiger charge is -2.19. The first kappa shape index (κ1) is 49.4. The quantitative estimate of drug-likeness (QED) is 0.0583. The molecule has 1 aromatic rings. The lowest BCUT2D eigenvalue weighted by Crippen LogP contribution is -2.44. The Bertz CT molecular complexity index is 954. The van der Waals surface area contributed by atoms with E-state index in [2.05, 4.69) is 29.8 Å². The molecule has 0 aliphatic heterocycles. The Hall–Kier alpha value is -2.57. The minimum absolute atomic E-state index is 0.0895. The molecule has 3 amide bonds. The van der Waals surface area contributed by atoms with Crippen molar-refractivity contribution in [1.29, 1.82) is 0 Å².